The van der Waals surface area contributed by atoms with Gasteiger partial charge >= 0.3 is 0 Å². The summed E-state index contributed by atoms with van der Waals surface area (Å²) >= 11 is 0. The van der Waals surface area contributed by atoms with E-state index in [1.54, 1.807) is 23.4 Å². The van der Waals surface area contributed by atoms with Gasteiger partial charge in [-0.2, -0.15) is 0 Å². The van der Waals surface area contributed by atoms with E-state index in [1.165, 1.54) is 11.1 Å². The van der Waals surface area contributed by atoms with Gasteiger partial charge in [0.15, 0.2) is 0 Å². The van der Waals surface area contributed by atoms with Crippen LogP contribution in [0.1, 0.15) is 27.0 Å². The number of carbonyl (C=O) groups excluding carboxylic acids is 1. The van der Waals surface area contributed by atoms with E-state index in [9.17, 15) is 4.79 Å². The first-order valence-corrected chi connectivity index (χ1v) is 8.48. The topological polar surface area (TPSA) is 58.1 Å². The SMILES string of the molecule is Cc1ccc(CN(C)C(=O)c2cccc(Nc3ncccn3)c2)c(C)c1. The van der Waals surface area contributed by atoms with Gasteiger partial charge in [0.25, 0.3) is 5.91 Å². The molecule has 0 bridgehead atoms. The van der Waals surface area contributed by atoms with Crippen LogP contribution in [0.15, 0.2) is 60.9 Å². The lowest BCUT2D eigenvalue weighted by atomic mass is 10.1. The van der Waals surface area contributed by atoms with E-state index >= 15 is 0 Å². The molecular formula is C21H22N4O. The van der Waals surface area contributed by atoms with E-state index in [1.807, 2.05) is 31.3 Å². The van der Waals surface area contributed by atoms with E-state index in [4.69, 9.17) is 0 Å². The molecule has 0 aliphatic carbocycles. The van der Waals surface area contributed by atoms with Crippen LogP contribution in [-0.4, -0.2) is 27.8 Å². The van der Waals surface area contributed by atoms with E-state index < -0.39 is 0 Å². The Kier molecular flexibility index (Phi) is 5.27. The van der Waals surface area contributed by atoms with E-state index in [-0.39, 0.29) is 5.91 Å². The number of anilines is 2. The van der Waals surface area contributed by atoms with Crippen molar-refractivity contribution in [1.29, 1.82) is 0 Å². The first kappa shape index (κ1) is 17.6. The second-order valence-electron chi connectivity index (χ2n) is 6.37. The molecule has 0 atom stereocenters. The van der Waals surface area contributed by atoms with Gasteiger partial charge in [0.05, 0.1) is 0 Å². The quantitative estimate of drug-likeness (QED) is 0.755. The number of hydrogen-bond donors (Lipinski definition) is 1. The first-order chi connectivity index (χ1) is 12.5. The average molecular weight is 346 g/mol. The van der Waals surface area contributed by atoms with Gasteiger partial charge in [0.2, 0.25) is 5.95 Å². The highest BCUT2D eigenvalue weighted by Crippen LogP contribution is 2.18. The number of benzene rings is 2. The highest BCUT2D eigenvalue weighted by molar-refractivity contribution is 5.95. The predicted octanol–water partition coefficient (Wildman–Crippen LogP) is 4.11. The van der Waals surface area contributed by atoms with Crippen molar-refractivity contribution in [3.63, 3.8) is 0 Å². The summed E-state index contributed by atoms with van der Waals surface area (Å²) in [6.45, 7) is 4.72. The predicted molar refractivity (Wildman–Crippen MR) is 103 cm³/mol. The van der Waals surface area contributed by atoms with Crippen LogP contribution in [0.2, 0.25) is 0 Å². The Morgan fingerprint density at radius 1 is 1.04 bits per heavy atom. The van der Waals surface area contributed by atoms with Gasteiger partial charge in [-0.05, 0) is 49.2 Å². The molecule has 0 aliphatic heterocycles. The first-order valence-electron chi connectivity index (χ1n) is 8.48. The Morgan fingerprint density at radius 2 is 1.81 bits per heavy atom. The smallest absolute Gasteiger partial charge is 0.253 e. The van der Waals surface area contributed by atoms with E-state index in [0.717, 1.165) is 11.3 Å². The number of aryl methyl sites for hydroxylation is 2. The van der Waals surface area contributed by atoms with E-state index in [2.05, 4.69) is 47.3 Å². The number of nitrogens with one attached hydrogen (secondary N) is 1. The molecule has 5 heteroatoms. The minimum atomic E-state index is -0.0254. The molecule has 1 aromatic heterocycles. The molecule has 0 fully saturated rings. The van der Waals surface area contributed by atoms with Crippen molar-refractivity contribution in [1.82, 2.24) is 14.9 Å². The Hall–Kier alpha value is -3.21. The van der Waals surface area contributed by atoms with Crippen molar-refractivity contribution in [2.45, 2.75) is 20.4 Å². The van der Waals surface area contributed by atoms with Crippen LogP contribution in [0, 0.1) is 13.8 Å². The monoisotopic (exact) mass is 346 g/mol. The van der Waals surface area contributed by atoms with Crippen molar-refractivity contribution in [2.24, 2.45) is 0 Å². The summed E-state index contributed by atoms with van der Waals surface area (Å²) in [6, 6.07) is 15.4. The van der Waals surface area contributed by atoms with Crippen molar-refractivity contribution < 1.29 is 4.79 Å². The third-order valence-electron chi connectivity index (χ3n) is 4.18. The standard InChI is InChI=1S/C21H22N4O/c1-15-8-9-18(16(2)12-15)14-25(3)20(26)17-6-4-7-19(13-17)24-21-22-10-5-11-23-21/h4-13H,14H2,1-3H3,(H,22,23,24). The summed E-state index contributed by atoms with van der Waals surface area (Å²) in [5, 5.41) is 3.11. The van der Waals surface area contributed by atoms with Crippen LogP contribution in [0.5, 0.6) is 0 Å². The molecule has 0 unspecified atom stereocenters. The molecule has 0 spiro atoms. The highest BCUT2D eigenvalue weighted by atomic mass is 16.2. The Balaban J connectivity index is 1.73. The third kappa shape index (κ3) is 4.25. The fraction of sp³-hybridized carbons (Fsp3) is 0.190. The molecule has 0 aliphatic rings. The lowest BCUT2D eigenvalue weighted by Gasteiger charge is -2.19. The summed E-state index contributed by atoms with van der Waals surface area (Å²) in [7, 11) is 1.82. The maximum atomic E-state index is 12.8. The fourth-order valence-corrected chi connectivity index (χ4v) is 2.79. The van der Waals surface area contributed by atoms with Crippen LogP contribution in [-0.2, 0) is 6.54 Å². The molecule has 0 saturated carbocycles. The maximum absolute atomic E-state index is 12.8. The van der Waals surface area contributed by atoms with Crippen molar-refractivity contribution in [3.8, 4) is 0 Å². The van der Waals surface area contributed by atoms with Gasteiger partial charge in [-0.25, -0.2) is 9.97 Å². The molecule has 132 valence electrons. The number of aromatic nitrogens is 2. The van der Waals surface area contributed by atoms with Gasteiger partial charge in [-0.1, -0.05) is 29.8 Å². The lowest BCUT2D eigenvalue weighted by Crippen LogP contribution is -2.26. The van der Waals surface area contributed by atoms with Gasteiger partial charge in [0, 0.05) is 37.2 Å². The summed E-state index contributed by atoms with van der Waals surface area (Å²) in [5.74, 6) is 0.475. The minimum Gasteiger partial charge on any atom is -0.337 e. The Labute approximate surface area is 153 Å². The maximum Gasteiger partial charge on any atom is 0.253 e. The molecule has 0 radical (unpaired) electrons. The van der Waals surface area contributed by atoms with Crippen molar-refractivity contribution >= 4 is 17.5 Å². The van der Waals surface area contributed by atoms with Crippen LogP contribution >= 0.6 is 0 Å². The van der Waals surface area contributed by atoms with E-state index in [0.29, 0.717) is 18.1 Å². The van der Waals surface area contributed by atoms with Gasteiger partial charge in [0.1, 0.15) is 0 Å². The zero-order chi connectivity index (χ0) is 18.5. The Bertz CT molecular complexity index is 909. The minimum absolute atomic E-state index is 0.0254. The lowest BCUT2D eigenvalue weighted by molar-refractivity contribution is 0.0785. The fourth-order valence-electron chi connectivity index (χ4n) is 2.79. The van der Waals surface area contributed by atoms with Gasteiger partial charge < -0.3 is 10.2 Å². The summed E-state index contributed by atoms with van der Waals surface area (Å²) in [6.07, 6.45) is 3.34. The molecule has 26 heavy (non-hydrogen) atoms. The molecule has 1 heterocycles. The molecule has 2 aromatic carbocycles. The molecule has 1 amide bonds. The van der Waals surface area contributed by atoms with Crippen molar-refractivity contribution in [2.75, 3.05) is 12.4 Å². The molecular weight excluding hydrogens is 324 g/mol. The summed E-state index contributed by atoms with van der Waals surface area (Å²) < 4.78 is 0. The number of nitrogens with zero attached hydrogens (tertiary/aromatic N) is 3. The molecule has 3 rings (SSSR count). The van der Waals surface area contributed by atoms with Crippen LogP contribution in [0.4, 0.5) is 11.6 Å². The summed E-state index contributed by atoms with van der Waals surface area (Å²) in [5.41, 5.74) is 4.97. The highest BCUT2D eigenvalue weighted by Gasteiger charge is 2.13. The normalized spacial score (nSPS) is 10.4. The van der Waals surface area contributed by atoms with Crippen molar-refractivity contribution in [3.05, 3.63) is 83.2 Å². The van der Waals surface area contributed by atoms with Crippen LogP contribution in [0.3, 0.4) is 0 Å². The van der Waals surface area contributed by atoms with Crippen LogP contribution in [0.25, 0.3) is 0 Å². The second kappa shape index (κ2) is 7.78. The van der Waals surface area contributed by atoms with Gasteiger partial charge in [-0.3, -0.25) is 4.79 Å². The zero-order valence-corrected chi connectivity index (χ0v) is 15.2. The average Bonchev–Trinajstić information content (AvgIpc) is 2.64. The molecule has 5 nitrogen and oxygen atoms in total. The summed E-state index contributed by atoms with van der Waals surface area (Å²) in [4.78, 5) is 22.8. The number of rotatable bonds is 5. The molecule has 3 aromatic rings. The number of carbonyl (C=O) groups is 1. The second-order valence-corrected chi connectivity index (χ2v) is 6.37. The third-order valence-corrected chi connectivity index (χ3v) is 4.18. The number of hydrogen-bond acceptors (Lipinski definition) is 4. The van der Waals surface area contributed by atoms with Crippen LogP contribution < -0.4 is 5.32 Å². The largest absolute Gasteiger partial charge is 0.337 e. The Morgan fingerprint density at radius 3 is 2.54 bits per heavy atom. The zero-order valence-electron chi connectivity index (χ0n) is 15.2. The number of amides is 1. The molecule has 1 N–H and O–H groups in total. The molecule has 0 saturated heterocycles. The van der Waals surface area contributed by atoms with Gasteiger partial charge in [-0.15, -0.1) is 0 Å².